The van der Waals surface area contributed by atoms with E-state index in [4.69, 9.17) is 9.47 Å². The number of thiazole rings is 1. The van der Waals surface area contributed by atoms with E-state index in [-0.39, 0.29) is 11.6 Å². The van der Waals surface area contributed by atoms with Gasteiger partial charge in [-0.1, -0.05) is 12.1 Å². The molecule has 1 amide bonds. The lowest BCUT2D eigenvalue weighted by atomic mass is 9.98. The van der Waals surface area contributed by atoms with Gasteiger partial charge in [0.05, 0.1) is 19.8 Å². The highest BCUT2D eigenvalue weighted by molar-refractivity contribution is 7.13. The third kappa shape index (κ3) is 4.23. The molecule has 1 aliphatic heterocycles. The molecule has 0 N–H and O–H groups in total. The molecule has 2 aromatic carbocycles. The molecule has 162 valence electrons. The molecule has 1 aromatic heterocycles. The Hall–Kier alpha value is -3.07. The van der Waals surface area contributed by atoms with Gasteiger partial charge in [0, 0.05) is 24.0 Å². The van der Waals surface area contributed by atoms with E-state index in [0.717, 1.165) is 34.6 Å². The van der Waals surface area contributed by atoms with E-state index in [0.29, 0.717) is 41.6 Å². The molecular formula is C22H19F3N2O3S. The van der Waals surface area contributed by atoms with E-state index in [2.05, 4.69) is 4.98 Å². The zero-order valence-corrected chi connectivity index (χ0v) is 17.6. The first-order valence-corrected chi connectivity index (χ1v) is 10.3. The Kier molecular flexibility index (Phi) is 5.62. The Bertz CT molecular complexity index is 1130. The average molecular weight is 448 g/mol. The summed E-state index contributed by atoms with van der Waals surface area (Å²) in [5, 5.41) is 1.96. The lowest BCUT2D eigenvalue weighted by Crippen LogP contribution is -2.36. The normalized spacial score (nSPS) is 13.6. The maximum atomic E-state index is 13.0. The van der Waals surface area contributed by atoms with Crippen LogP contribution in [-0.4, -0.2) is 36.6 Å². The number of carbonyl (C=O) groups excluding carboxylic acids is 1. The molecule has 0 fully saturated rings. The molecule has 3 aromatic rings. The molecule has 0 radical (unpaired) electrons. The van der Waals surface area contributed by atoms with Gasteiger partial charge in [-0.05, 0) is 41.8 Å². The first-order chi connectivity index (χ1) is 14.8. The Balaban J connectivity index is 1.55. The van der Waals surface area contributed by atoms with Gasteiger partial charge in [-0.25, -0.2) is 4.98 Å². The lowest BCUT2D eigenvalue weighted by molar-refractivity contribution is -0.137. The Morgan fingerprint density at radius 1 is 1.10 bits per heavy atom. The van der Waals surface area contributed by atoms with Crippen LogP contribution in [-0.2, 0) is 19.1 Å². The van der Waals surface area contributed by atoms with E-state index < -0.39 is 11.7 Å². The van der Waals surface area contributed by atoms with Crippen LogP contribution in [0.25, 0.3) is 10.6 Å². The van der Waals surface area contributed by atoms with Crippen LogP contribution < -0.4 is 9.47 Å². The third-order valence-electron chi connectivity index (χ3n) is 5.17. The highest BCUT2D eigenvalue weighted by Gasteiger charge is 2.31. The number of ether oxygens (including phenoxy) is 2. The fraction of sp³-hybridized carbons (Fsp3) is 0.273. The second-order valence-corrected chi connectivity index (χ2v) is 7.93. The molecule has 0 atom stereocenters. The minimum atomic E-state index is -4.43. The summed E-state index contributed by atoms with van der Waals surface area (Å²) >= 11 is 1.15. The number of hydrogen-bond donors (Lipinski definition) is 0. The Morgan fingerprint density at radius 3 is 2.48 bits per heavy atom. The average Bonchev–Trinajstić information content (AvgIpc) is 3.27. The van der Waals surface area contributed by atoms with Crippen LogP contribution in [0.4, 0.5) is 13.2 Å². The third-order valence-corrected chi connectivity index (χ3v) is 6.06. The van der Waals surface area contributed by atoms with Gasteiger partial charge in [-0.15, -0.1) is 11.3 Å². The number of rotatable bonds is 4. The quantitative estimate of drug-likeness (QED) is 0.561. The number of aromatic nitrogens is 1. The Morgan fingerprint density at radius 2 is 1.81 bits per heavy atom. The molecule has 0 bridgehead atoms. The van der Waals surface area contributed by atoms with E-state index in [1.165, 1.54) is 6.07 Å². The zero-order valence-electron chi connectivity index (χ0n) is 16.8. The second-order valence-electron chi connectivity index (χ2n) is 7.07. The largest absolute Gasteiger partial charge is 0.493 e. The molecule has 4 rings (SSSR count). The molecule has 1 aliphatic rings. The minimum Gasteiger partial charge on any atom is -0.493 e. The summed E-state index contributed by atoms with van der Waals surface area (Å²) in [4.78, 5) is 19.0. The lowest BCUT2D eigenvalue weighted by Gasteiger charge is -2.29. The number of alkyl halides is 3. The second kappa shape index (κ2) is 8.22. The van der Waals surface area contributed by atoms with Crippen LogP contribution in [0.3, 0.4) is 0 Å². The van der Waals surface area contributed by atoms with Crippen molar-refractivity contribution < 1.29 is 27.4 Å². The monoisotopic (exact) mass is 448 g/mol. The smallest absolute Gasteiger partial charge is 0.416 e. The number of benzene rings is 2. The van der Waals surface area contributed by atoms with Gasteiger partial charge >= 0.3 is 6.18 Å². The van der Waals surface area contributed by atoms with Crippen LogP contribution in [0.5, 0.6) is 11.5 Å². The van der Waals surface area contributed by atoms with Crippen molar-refractivity contribution in [3.8, 4) is 22.1 Å². The molecule has 0 spiro atoms. The van der Waals surface area contributed by atoms with E-state index in [9.17, 15) is 18.0 Å². The predicted molar refractivity (Wildman–Crippen MR) is 111 cm³/mol. The summed E-state index contributed by atoms with van der Waals surface area (Å²) in [6.07, 6.45) is -3.77. The Labute approximate surface area is 181 Å². The molecular weight excluding hydrogens is 429 g/mol. The number of fused-ring (bicyclic) bond motifs is 1. The van der Waals surface area contributed by atoms with Gasteiger partial charge in [0.2, 0.25) is 0 Å². The van der Waals surface area contributed by atoms with Crippen molar-refractivity contribution >= 4 is 17.2 Å². The van der Waals surface area contributed by atoms with Crippen LogP contribution in [0.2, 0.25) is 0 Å². The number of nitrogens with zero attached hydrogens (tertiary/aromatic N) is 2. The summed E-state index contributed by atoms with van der Waals surface area (Å²) in [5.41, 5.74) is 1.86. The van der Waals surface area contributed by atoms with Crippen LogP contribution >= 0.6 is 11.3 Å². The maximum Gasteiger partial charge on any atom is 0.416 e. The van der Waals surface area contributed by atoms with Gasteiger partial charge in [0.1, 0.15) is 10.7 Å². The molecule has 31 heavy (non-hydrogen) atoms. The zero-order chi connectivity index (χ0) is 22.2. The molecule has 0 aliphatic carbocycles. The van der Waals surface area contributed by atoms with Crippen molar-refractivity contribution in [3.05, 3.63) is 64.2 Å². The maximum absolute atomic E-state index is 13.0. The van der Waals surface area contributed by atoms with E-state index in [1.807, 2.05) is 12.1 Å². The summed E-state index contributed by atoms with van der Waals surface area (Å²) < 4.78 is 49.6. The topological polar surface area (TPSA) is 51.7 Å². The first kappa shape index (κ1) is 21.2. The van der Waals surface area contributed by atoms with Crippen molar-refractivity contribution in [2.24, 2.45) is 0 Å². The van der Waals surface area contributed by atoms with E-state index in [1.54, 1.807) is 30.6 Å². The van der Waals surface area contributed by atoms with Crippen LogP contribution in [0.15, 0.2) is 41.8 Å². The van der Waals surface area contributed by atoms with Crippen molar-refractivity contribution in [3.63, 3.8) is 0 Å². The van der Waals surface area contributed by atoms with Gasteiger partial charge in [-0.3, -0.25) is 4.79 Å². The highest BCUT2D eigenvalue weighted by atomic mass is 32.1. The van der Waals surface area contributed by atoms with Crippen molar-refractivity contribution in [2.45, 2.75) is 19.1 Å². The number of halogens is 3. The molecule has 2 heterocycles. The minimum absolute atomic E-state index is 0.223. The van der Waals surface area contributed by atoms with Gasteiger partial charge in [0.15, 0.2) is 11.5 Å². The van der Waals surface area contributed by atoms with Gasteiger partial charge in [0.25, 0.3) is 5.91 Å². The molecule has 0 saturated heterocycles. The number of hydrogen-bond acceptors (Lipinski definition) is 5. The van der Waals surface area contributed by atoms with Crippen molar-refractivity contribution in [2.75, 3.05) is 20.8 Å². The number of amides is 1. The van der Waals surface area contributed by atoms with Gasteiger partial charge < -0.3 is 14.4 Å². The fourth-order valence-corrected chi connectivity index (χ4v) is 4.34. The summed E-state index contributed by atoms with van der Waals surface area (Å²) in [6, 6.07) is 8.73. The molecule has 0 unspecified atom stereocenters. The van der Waals surface area contributed by atoms with Crippen molar-refractivity contribution in [1.82, 2.24) is 9.88 Å². The van der Waals surface area contributed by atoms with Crippen LogP contribution in [0, 0.1) is 0 Å². The fourth-order valence-electron chi connectivity index (χ4n) is 3.55. The predicted octanol–water partition coefficient (Wildman–Crippen LogP) is 5.04. The first-order valence-electron chi connectivity index (χ1n) is 9.46. The SMILES string of the molecule is COc1cc2c(cc1OC)CN(C(=O)c1csc(-c3cccc(C(F)(F)F)c3)n1)CC2. The highest BCUT2D eigenvalue weighted by Crippen LogP contribution is 2.35. The van der Waals surface area contributed by atoms with Gasteiger partial charge in [-0.2, -0.15) is 13.2 Å². The number of methoxy groups -OCH3 is 2. The standard InChI is InChI=1S/C22H19F3N2O3S/c1-29-18-9-13-6-7-27(11-15(13)10-19(18)30-2)21(28)17-12-31-20(26-17)14-4-3-5-16(8-14)22(23,24)25/h3-5,8-10,12H,6-7,11H2,1-2H3. The summed E-state index contributed by atoms with van der Waals surface area (Å²) in [5.74, 6) is 0.984. The molecule has 0 saturated carbocycles. The molecule has 9 heteroatoms. The van der Waals surface area contributed by atoms with Crippen LogP contribution in [0.1, 0.15) is 27.2 Å². The van der Waals surface area contributed by atoms with Crippen molar-refractivity contribution in [1.29, 1.82) is 0 Å². The molecule has 5 nitrogen and oxygen atoms in total. The number of carbonyl (C=O) groups is 1. The summed E-state index contributed by atoms with van der Waals surface area (Å²) in [7, 11) is 3.13. The van der Waals surface area contributed by atoms with E-state index >= 15 is 0 Å². The summed E-state index contributed by atoms with van der Waals surface area (Å²) in [6.45, 7) is 0.905.